The van der Waals surface area contributed by atoms with Gasteiger partial charge >= 0.3 is 0 Å². The van der Waals surface area contributed by atoms with E-state index >= 15 is 0 Å². The monoisotopic (exact) mass is 352 g/mol. The number of benzene rings is 1. The lowest BCUT2D eigenvalue weighted by Crippen LogP contribution is -2.01. The minimum atomic E-state index is -0.863. The van der Waals surface area contributed by atoms with Gasteiger partial charge in [0.2, 0.25) is 0 Å². The summed E-state index contributed by atoms with van der Waals surface area (Å²) in [6.07, 6.45) is 0. The van der Waals surface area contributed by atoms with Gasteiger partial charge in [-0.25, -0.2) is 8.78 Å². The highest BCUT2D eigenvalue weighted by atomic mass is 79.9. The summed E-state index contributed by atoms with van der Waals surface area (Å²) < 4.78 is 33.3. The number of ether oxygens (including phenoxy) is 1. The van der Waals surface area contributed by atoms with E-state index in [1.165, 1.54) is 18.4 Å². The van der Waals surface area contributed by atoms with Gasteiger partial charge in [0.25, 0.3) is 0 Å². The van der Waals surface area contributed by atoms with Gasteiger partial charge in [-0.2, -0.15) is 0 Å². The average Bonchev–Trinajstić information content (AvgIpc) is 2.74. The fourth-order valence-corrected chi connectivity index (χ4v) is 3.15. The van der Waals surface area contributed by atoms with Crippen molar-refractivity contribution in [1.29, 1.82) is 0 Å². The van der Waals surface area contributed by atoms with Crippen LogP contribution in [0.2, 0.25) is 0 Å². The molecule has 0 saturated heterocycles. The molecule has 1 atom stereocenters. The molecule has 18 heavy (non-hydrogen) atoms. The summed E-state index contributed by atoms with van der Waals surface area (Å²) in [4.78, 5) is 0. The van der Waals surface area contributed by atoms with Crippen LogP contribution in [0.5, 0.6) is 5.75 Å². The molecule has 0 N–H and O–H groups in total. The topological polar surface area (TPSA) is 9.23 Å². The lowest BCUT2D eigenvalue weighted by Gasteiger charge is -2.12. The van der Waals surface area contributed by atoms with Crippen LogP contribution in [-0.2, 0) is 0 Å². The molecule has 1 unspecified atom stereocenters. The molecule has 0 bridgehead atoms. The summed E-state index contributed by atoms with van der Waals surface area (Å²) in [5.41, 5.74) is 0.485. The first-order valence-corrected chi connectivity index (χ1v) is 7.04. The zero-order chi connectivity index (χ0) is 13.3. The first-order chi connectivity index (χ1) is 8.52. The molecule has 96 valence electrons. The summed E-state index contributed by atoms with van der Waals surface area (Å²) >= 11 is 10.8. The summed E-state index contributed by atoms with van der Waals surface area (Å²) in [6, 6.07) is 3.98. The van der Waals surface area contributed by atoms with Gasteiger partial charge in [0, 0.05) is 17.7 Å². The Morgan fingerprint density at radius 1 is 1.28 bits per heavy atom. The van der Waals surface area contributed by atoms with E-state index in [0.717, 1.165) is 15.9 Å². The van der Waals surface area contributed by atoms with Gasteiger partial charge in [-0.1, -0.05) is 0 Å². The highest BCUT2D eigenvalue weighted by Gasteiger charge is 2.22. The average molecular weight is 354 g/mol. The van der Waals surface area contributed by atoms with Crippen molar-refractivity contribution in [1.82, 2.24) is 0 Å². The highest BCUT2D eigenvalue weighted by molar-refractivity contribution is 9.11. The van der Waals surface area contributed by atoms with E-state index in [1.54, 1.807) is 11.4 Å². The summed E-state index contributed by atoms with van der Waals surface area (Å²) in [7, 11) is 1.35. The van der Waals surface area contributed by atoms with Crippen LogP contribution in [0.4, 0.5) is 8.78 Å². The lowest BCUT2D eigenvalue weighted by molar-refractivity contribution is 0.405. The van der Waals surface area contributed by atoms with Crippen molar-refractivity contribution < 1.29 is 13.5 Å². The van der Waals surface area contributed by atoms with Gasteiger partial charge in [0.1, 0.15) is 17.4 Å². The molecule has 0 aliphatic heterocycles. The second kappa shape index (κ2) is 5.55. The second-order valence-corrected chi connectivity index (χ2v) is 6.28. The van der Waals surface area contributed by atoms with Crippen molar-refractivity contribution in [3.8, 4) is 5.75 Å². The fraction of sp³-hybridized carbons (Fsp3) is 0.167. The molecule has 1 heterocycles. The maximum Gasteiger partial charge on any atom is 0.134 e. The molecule has 2 rings (SSSR count). The van der Waals surface area contributed by atoms with Crippen LogP contribution in [0.15, 0.2) is 27.4 Å². The van der Waals surface area contributed by atoms with E-state index < -0.39 is 17.0 Å². The van der Waals surface area contributed by atoms with Crippen LogP contribution in [0.25, 0.3) is 0 Å². The first-order valence-electron chi connectivity index (χ1n) is 4.94. The molecule has 0 spiro atoms. The molecule has 0 aliphatic carbocycles. The van der Waals surface area contributed by atoms with E-state index in [9.17, 15) is 8.78 Å². The Balaban J connectivity index is 2.44. The van der Waals surface area contributed by atoms with Crippen molar-refractivity contribution in [2.24, 2.45) is 0 Å². The van der Waals surface area contributed by atoms with Crippen LogP contribution < -0.4 is 4.74 Å². The van der Waals surface area contributed by atoms with E-state index in [4.69, 9.17) is 16.3 Å². The number of halogens is 4. The fourth-order valence-electron chi connectivity index (χ4n) is 1.54. The third kappa shape index (κ3) is 2.68. The maximum atomic E-state index is 13.8. The van der Waals surface area contributed by atoms with E-state index in [-0.39, 0.29) is 11.3 Å². The van der Waals surface area contributed by atoms with Crippen molar-refractivity contribution in [3.05, 3.63) is 50.1 Å². The molecule has 1 nitrogen and oxygen atoms in total. The Kier molecular flexibility index (Phi) is 4.25. The summed E-state index contributed by atoms with van der Waals surface area (Å²) in [6.45, 7) is 0. The van der Waals surface area contributed by atoms with Gasteiger partial charge in [-0.15, -0.1) is 22.9 Å². The van der Waals surface area contributed by atoms with Gasteiger partial charge in [-0.3, -0.25) is 0 Å². The smallest absolute Gasteiger partial charge is 0.134 e. The highest BCUT2D eigenvalue weighted by Crippen LogP contribution is 2.37. The first kappa shape index (κ1) is 13.8. The molecular formula is C12H8BrClF2OS. The standard InChI is InChI=1S/C12H8BrClF2OS/c1-17-7-3-8(15)11(9(16)4-7)12(14)6-2-10(13)18-5-6/h2-5,12H,1H3. The molecule has 0 saturated carbocycles. The number of thiophene rings is 1. The predicted molar refractivity (Wildman–Crippen MR) is 72.6 cm³/mol. The molecule has 6 heteroatoms. The second-order valence-electron chi connectivity index (χ2n) is 3.55. The van der Waals surface area contributed by atoms with Crippen molar-refractivity contribution in [3.63, 3.8) is 0 Å². The molecule has 1 aromatic carbocycles. The third-order valence-electron chi connectivity index (χ3n) is 2.42. The van der Waals surface area contributed by atoms with Gasteiger partial charge in [-0.05, 0) is 32.9 Å². The SMILES string of the molecule is COc1cc(F)c(C(Cl)c2csc(Br)c2)c(F)c1. The minimum absolute atomic E-state index is 0.129. The van der Waals surface area contributed by atoms with Gasteiger partial charge in [0.05, 0.1) is 16.3 Å². The number of hydrogen-bond donors (Lipinski definition) is 0. The summed E-state index contributed by atoms with van der Waals surface area (Å²) in [5.74, 6) is -1.30. The molecule has 0 amide bonds. The number of alkyl halides is 1. The summed E-state index contributed by atoms with van der Waals surface area (Å²) in [5, 5.41) is 0.892. The maximum absolute atomic E-state index is 13.8. The number of hydrogen-bond acceptors (Lipinski definition) is 2. The number of methoxy groups -OCH3 is 1. The van der Waals surface area contributed by atoms with Crippen LogP contribution in [0.1, 0.15) is 16.5 Å². The quantitative estimate of drug-likeness (QED) is 0.695. The Labute approximate surface area is 120 Å². The van der Waals surface area contributed by atoms with Crippen LogP contribution >= 0.6 is 38.9 Å². The largest absolute Gasteiger partial charge is 0.497 e. The van der Waals surface area contributed by atoms with Crippen molar-refractivity contribution in [2.75, 3.05) is 7.11 Å². The zero-order valence-electron chi connectivity index (χ0n) is 9.22. The Bertz CT molecular complexity index is 550. The Hall–Kier alpha value is -0.650. The van der Waals surface area contributed by atoms with Crippen LogP contribution in [0.3, 0.4) is 0 Å². The third-order valence-corrected chi connectivity index (χ3v) is 4.41. The van der Waals surface area contributed by atoms with Gasteiger partial charge < -0.3 is 4.74 Å². The number of rotatable bonds is 3. The molecule has 0 aliphatic rings. The van der Waals surface area contributed by atoms with E-state index in [2.05, 4.69) is 15.9 Å². The Morgan fingerprint density at radius 2 is 1.89 bits per heavy atom. The lowest BCUT2D eigenvalue weighted by atomic mass is 10.1. The molecule has 2 aromatic rings. The Morgan fingerprint density at radius 3 is 2.33 bits per heavy atom. The van der Waals surface area contributed by atoms with Crippen LogP contribution in [-0.4, -0.2) is 7.11 Å². The normalized spacial score (nSPS) is 12.5. The van der Waals surface area contributed by atoms with E-state index in [1.807, 2.05) is 0 Å². The molecule has 0 fully saturated rings. The van der Waals surface area contributed by atoms with Crippen LogP contribution in [0, 0.1) is 11.6 Å². The van der Waals surface area contributed by atoms with E-state index in [0.29, 0.717) is 5.56 Å². The van der Waals surface area contributed by atoms with Gasteiger partial charge in [0.15, 0.2) is 0 Å². The van der Waals surface area contributed by atoms with Crippen molar-refractivity contribution in [2.45, 2.75) is 5.38 Å². The van der Waals surface area contributed by atoms with Crippen molar-refractivity contribution >= 4 is 38.9 Å². The predicted octanol–water partition coefficient (Wildman–Crippen LogP) is 5.13. The molecule has 0 radical (unpaired) electrons. The minimum Gasteiger partial charge on any atom is -0.497 e. The molecular weight excluding hydrogens is 346 g/mol. The zero-order valence-corrected chi connectivity index (χ0v) is 12.4. The molecule has 1 aromatic heterocycles.